The molecule has 5 aliphatic heterocycles. The monoisotopic (exact) mass is 1870 g/mol. The summed E-state index contributed by atoms with van der Waals surface area (Å²) in [5.41, 5.74) is -9.92. The van der Waals surface area contributed by atoms with Gasteiger partial charge in [-0.3, -0.25) is 9.80 Å². The number of likely N-dealkylation sites (N-methyl/N-ethyl adjacent to an activating group) is 2. The summed E-state index contributed by atoms with van der Waals surface area (Å²) in [5, 5.41) is 0.192. The fraction of sp³-hybridized carbons (Fsp3) is 0.519. The number of carbonyl (C=O) groups excluding carboxylic acids is 4. The summed E-state index contributed by atoms with van der Waals surface area (Å²) in [7, 11) is 3.29. The van der Waals surface area contributed by atoms with E-state index < -0.39 is 118 Å². The van der Waals surface area contributed by atoms with E-state index in [0.29, 0.717) is 123 Å². The Morgan fingerprint density at radius 3 is 0.992 bits per heavy atom. The highest BCUT2D eigenvalue weighted by Gasteiger charge is 2.47. The molecule has 0 spiro atoms. The lowest BCUT2D eigenvalue weighted by Crippen LogP contribution is -2.42. The van der Waals surface area contributed by atoms with Crippen LogP contribution in [0.25, 0.3) is 0 Å². The summed E-state index contributed by atoms with van der Waals surface area (Å²) in [6.45, 7) is 17.2. The van der Waals surface area contributed by atoms with Crippen molar-refractivity contribution in [3.8, 4) is 0 Å². The molecule has 0 aliphatic carbocycles. The summed E-state index contributed by atoms with van der Waals surface area (Å²) in [5.74, 6) is 0.557. The highest BCUT2D eigenvalue weighted by molar-refractivity contribution is 9.10. The third-order valence-electron chi connectivity index (χ3n) is 20.8. The number of ether oxygens (including phenoxy) is 2. The van der Waals surface area contributed by atoms with Crippen LogP contribution in [0.1, 0.15) is 151 Å². The molecule has 0 unspecified atom stereocenters. The smallest absolute Gasteiger partial charge is 0.416 e. The molecule has 24 nitrogen and oxygen atoms in total. The van der Waals surface area contributed by atoms with Crippen LogP contribution in [0.15, 0.2) is 102 Å². The second kappa shape index (κ2) is 37.7. The number of likely N-dealkylation sites (tertiary alicyclic amines) is 2. The van der Waals surface area contributed by atoms with Crippen molar-refractivity contribution in [1.29, 1.82) is 0 Å². The number of alkyl halides is 18. The van der Waals surface area contributed by atoms with Gasteiger partial charge in [-0.1, -0.05) is 32.4 Å². The summed E-state index contributed by atoms with van der Waals surface area (Å²) in [6, 6.07) is 1.65. The second-order valence-corrected chi connectivity index (χ2v) is 33.8. The third kappa shape index (κ3) is 24.2. The zero-order valence-electron chi connectivity index (χ0n) is 68.5. The Balaban J connectivity index is 0.000000195. The van der Waals surface area contributed by atoms with E-state index in [2.05, 4.69) is 55.8 Å². The quantitative estimate of drug-likeness (QED) is 0.0575. The van der Waals surface area contributed by atoms with Crippen molar-refractivity contribution < 1.29 is 108 Å². The zero-order valence-corrected chi connectivity index (χ0v) is 71.5. The normalized spacial score (nSPS) is 19.3. The highest BCUT2D eigenvalue weighted by Crippen LogP contribution is 2.44. The Bertz CT molecular complexity index is 4820. The van der Waals surface area contributed by atoms with Crippen molar-refractivity contribution in [2.45, 2.75) is 205 Å². The Hall–Kier alpha value is -9.94. The molecule has 0 bridgehead atoms. The predicted octanol–water partition coefficient (Wildman–Crippen LogP) is 19.8. The SMILES string of the molecule is CC[C@@H]1C[C@H](N(Cc2cc(C(F)(F)F)cc(C(F)(F)F)c2)c2ncc(Br)cn2)CN1C(=O)OC(C)(C)C.CC[C@@H]1C[C@H](N(Cc2cc(C(F)(F)F)cc(C(F)(F)F)c2)c2ncc(N3CCN(C)C3=O)cn2)CN1C(=O)OC(C)(C)C.CC[C@@H]1C[C@H](N(Cc2cc(C(F)(F)F)cc(C(F)(F)F)c2)c2ncc(N3CCN(C)C3=O)cn2)CN1c1nc(Cl)ncc1Cl. The van der Waals surface area contributed by atoms with E-state index in [0.717, 1.165) is 0 Å². The Morgan fingerprint density at radius 1 is 0.427 bits per heavy atom. The molecule has 6 atom stereocenters. The summed E-state index contributed by atoms with van der Waals surface area (Å²) in [4.78, 5) is 100. The van der Waals surface area contributed by atoms with Crippen LogP contribution in [0.3, 0.4) is 0 Å². The van der Waals surface area contributed by atoms with Gasteiger partial charge < -0.3 is 48.7 Å². The van der Waals surface area contributed by atoms with E-state index in [9.17, 15) is 98.2 Å². The first-order chi connectivity index (χ1) is 57.5. The summed E-state index contributed by atoms with van der Waals surface area (Å²) < 4.78 is 256. The van der Waals surface area contributed by atoms with Crippen LogP contribution in [0.5, 0.6) is 0 Å². The number of hydrogen-bond donors (Lipinski definition) is 0. The van der Waals surface area contributed by atoms with Crippen molar-refractivity contribution in [3.63, 3.8) is 0 Å². The minimum absolute atomic E-state index is 0.0283. The maximum absolute atomic E-state index is 13.7. The van der Waals surface area contributed by atoms with Gasteiger partial charge in [-0.2, -0.15) is 84.0 Å². The van der Waals surface area contributed by atoms with E-state index in [1.54, 1.807) is 60.5 Å². The van der Waals surface area contributed by atoms with Crippen LogP contribution >= 0.6 is 39.1 Å². The molecule has 12 rings (SSSR count). The van der Waals surface area contributed by atoms with Crippen LogP contribution < -0.4 is 29.4 Å². The fourth-order valence-corrected chi connectivity index (χ4v) is 15.4. The molecule has 676 valence electrons. The molecule has 9 heterocycles. The second-order valence-electron chi connectivity index (χ2n) is 32.1. The molecule has 0 saturated carbocycles. The number of anilines is 6. The molecule has 5 fully saturated rings. The number of hydrogen-bond acceptors (Lipinski definition) is 18. The molecule has 4 aromatic heterocycles. The molecule has 3 aromatic carbocycles. The maximum atomic E-state index is 13.7. The molecular weight excluding hydrogens is 1790 g/mol. The minimum Gasteiger partial charge on any atom is -0.444 e. The van der Waals surface area contributed by atoms with E-state index in [1.807, 2.05) is 25.7 Å². The van der Waals surface area contributed by atoms with Crippen LogP contribution in [0.2, 0.25) is 10.3 Å². The van der Waals surface area contributed by atoms with Gasteiger partial charge in [-0.05, 0) is 179 Å². The number of carbonyl (C=O) groups is 4. The summed E-state index contributed by atoms with van der Waals surface area (Å²) in [6.07, 6.45) is -18.4. The van der Waals surface area contributed by atoms with Crippen molar-refractivity contribution in [2.24, 2.45) is 0 Å². The fourth-order valence-electron chi connectivity index (χ4n) is 14.8. The maximum Gasteiger partial charge on any atom is 0.416 e. The molecule has 0 radical (unpaired) electrons. The zero-order chi connectivity index (χ0) is 91.6. The van der Waals surface area contributed by atoms with Crippen LogP contribution in [-0.2, 0) is 66.2 Å². The van der Waals surface area contributed by atoms with Crippen molar-refractivity contribution >= 4 is 98.4 Å². The summed E-state index contributed by atoms with van der Waals surface area (Å²) >= 11 is 15.6. The van der Waals surface area contributed by atoms with E-state index in [-0.39, 0.29) is 126 Å². The number of amides is 6. The first-order valence-corrected chi connectivity index (χ1v) is 40.3. The Kier molecular flexibility index (Phi) is 29.3. The molecule has 7 aromatic rings. The number of benzene rings is 3. The van der Waals surface area contributed by atoms with Gasteiger partial charge in [-0.15, -0.1) is 0 Å². The first-order valence-electron chi connectivity index (χ1n) is 38.8. The van der Waals surface area contributed by atoms with E-state index in [4.69, 9.17) is 32.7 Å². The number of urea groups is 2. The highest BCUT2D eigenvalue weighted by atomic mass is 79.9. The largest absolute Gasteiger partial charge is 0.444 e. The van der Waals surface area contributed by atoms with Crippen LogP contribution in [0.4, 0.5) is 133 Å². The average Bonchev–Trinajstić information content (AvgIpc) is 1.75. The van der Waals surface area contributed by atoms with Gasteiger partial charge >= 0.3 is 61.3 Å². The molecule has 5 saturated heterocycles. The van der Waals surface area contributed by atoms with Crippen LogP contribution in [-0.4, -0.2) is 191 Å². The first kappa shape index (κ1) is 96.3. The molecule has 5 aliphatic rings. The van der Waals surface area contributed by atoms with Gasteiger partial charge in [0.15, 0.2) is 5.82 Å². The number of nitrogens with zero attached hydrogens (tertiary/aromatic N) is 18. The van der Waals surface area contributed by atoms with Crippen molar-refractivity contribution in [1.82, 2.24) is 59.5 Å². The van der Waals surface area contributed by atoms with Gasteiger partial charge in [0.05, 0.1) is 98.3 Å². The van der Waals surface area contributed by atoms with Gasteiger partial charge in [0.2, 0.25) is 23.1 Å². The van der Waals surface area contributed by atoms with Gasteiger partial charge in [0.25, 0.3) is 0 Å². The van der Waals surface area contributed by atoms with E-state index in [1.165, 1.54) is 82.6 Å². The molecule has 6 amide bonds. The number of aromatic nitrogens is 8. The van der Waals surface area contributed by atoms with Gasteiger partial charge in [0.1, 0.15) is 16.2 Å². The minimum atomic E-state index is -5.01. The number of rotatable bonds is 18. The third-order valence-corrected chi connectivity index (χ3v) is 21.7. The lowest BCUT2D eigenvalue weighted by Gasteiger charge is -2.30. The molecule has 0 N–H and O–H groups in total. The average molecular weight is 1880 g/mol. The topological polar surface area (TPSA) is 222 Å². The van der Waals surface area contributed by atoms with Crippen molar-refractivity contribution in [3.05, 3.63) is 163 Å². The Morgan fingerprint density at radius 2 is 0.718 bits per heavy atom. The number of halogens is 21. The van der Waals surface area contributed by atoms with Gasteiger partial charge in [-0.25, -0.2) is 54.1 Å². The molecular formula is C79H87BrCl2F18N18O6. The van der Waals surface area contributed by atoms with Crippen molar-refractivity contribution in [2.75, 3.05) is 89.3 Å². The van der Waals surface area contributed by atoms with Crippen LogP contribution in [0, 0.1) is 0 Å². The predicted molar refractivity (Wildman–Crippen MR) is 425 cm³/mol. The Labute approximate surface area is 719 Å². The molecule has 124 heavy (non-hydrogen) atoms. The lowest BCUT2D eigenvalue weighted by molar-refractivity contribution is -0.144. The lowest BCUT2D eigenvalue weighted by atomic mass is 10.0. The molecule has 45 heteroatoms. The standard InChI is InChI=1S/C28H34F6N6O3.C27H26Cl2F6N8O.C24H27BrF6N4O2/c1-6-20-12-21(16-40(20)25(42)43-26(2,3)4)39(23-35-13-22(14-36-23)38-8-7-37(5)24(38)41)15-17-9-18(27(29,30)31)11-19(10-17)28(32,33)34;1-3-18-9-19(14-42(18)22-21(28)12-36-23(29)39-22)43(24-37-10-20(11-38-24)41-5-4-40(2)25(41)44)13-15-6-16(26(30,31)32)8-17(7-15)27(33,34)35;1-5-18-9-19(13-35(18)21(36)37-22(2,3)4)34(20-32-10-17(25)11-33-20)12-14-6-15(23(26,27)28)8-16(7-14)24(29,30)31/h9-11,13-14,20-21H,6-8,12,15-16H2,1-5H3;6-8,10-12,18-19H,3-5,9,13-14H2,1-2H3;6-8,10-11,18-19H,5,9,12-13H2,1-4H3/t20-,21+;2*18-,19+/m111/s1. The van der Waals surface area contributed by atoms with E-state index >= 15 is 0 Å². The van der Waals surface area contributed by atoms with Gasteiger partial charge in [0, 0.05) is 110 Å².